The molecular weight excluding hydrogens is 496 g/mol. The maximum atomic E-state index is 12.8. The van der Waals surface area contributed by atoms with Gasteiger partial charge >= 0.3 is 0 Å². The van der Waals surface area contributed by atoms with Crippen LogP contribution in [0.15, 0.2) is 72.8 Å². The van der Waals surface area contributed by atoms with Gasteiger partial charge in [-0.2, -0.15) is 0 Å². The molecule has 0 saturated carbocycles. The number of rotatable bonds is 6. The van der Waals surface area contributed by atoms with E-state index in [1.165, 1.54) is 0 Å². The van der Waals surface area contributed by atoms with Gasteiger partial charge in [0.15, 0.2) is 5.11 Å². The van der Waals surface area contributed by atoms with Gasteiger partial charge in [0, 0.05) is 42.3 Å². The first-order valence-electron chi connectivity index (χ1n) is 11.7. The molecule has 1 aliphatic rings. The molecule has 0 unspecified atom stereocenters. The lowest BCUT2D eigenvalue weighted by Crippen LogP contribution is -2.49. The summed E-state index contributed by atoms with van der Waals surface area (Å²) in [6, 6.07) is 21.6. The first-order valence-corrected chi connectivity index (χ1v) is 12.5. The molecule has 1 aliphatic heterocycles. The number of hydrogen-bond acceptors (Lipinski definition) is 5. The largest absolute Gasteiger partial charge is 0.494 e. The molecule has 1 heterocycles. The molecule has 9 heteroatoms. The summed E-state index contributed by atoms with van der Waals surface area (Å²) >= 11 is 11.3. The second-order valence-corrected chi connectivity index (χ2v) is 9.01. The first-order chi connectivity index (χ1) is 17.4. The minimum atomic E-state index is -0.303. The van der Waals surface area contributed by atoms with Crippen molar-refractivity contribution in [2.24, 2.45) is 0 Å². The number of para-hydroxylation sites is 2. The highest BCUT2D eigenvalue weighted by Crippen LogP contribution is 2.27. The Morgan fingerprint density at radius 2 is 1.56 bits per heavy atom. The predicted octanol–water partition coefficient (Wildman–Crippen LogP) is 4.83. The van der Waals surface area contributed by atoms with Crippen molar-refractivity contribution in [2.75, 3.05) is 43.0 Å². The van der Waals surface area contributed by atoms with E-state index in [0.29, 0.717) is 54.7 Å². The average molecular weight is 523 g/mol. The van der Waals surface area contributed by atoms with Gasteiger partial charge in [-0.1, -0.05) is 23.7 Å². The second-order valence-electron chi connectivity index (χ2n) is 8.17. The topological polar surface area (TPSA) is 73.9 Å². The van der Waals surface area contributed by atoms with E-state index in [2.05, 4.69) is 15.5 Å². The Hall–Kier alpha value is -3.62. The molecule has 1 saturated heterocycles. The number of ether oxygens (including phenoxy) is 1. The number of carbonyl (C=O) groups is 2. The van der Waals surface area contributed by atoms with Crippen LogP contribution in [0.25, 0.3) is 0 Å². The van der Waals surface area contributed by atoms with Gasteiger partial charge in [-0.25, -0.2) is 0 Å². The highest BCUT2D eigenvalue weighted by molar-refractivity contribution is 7.80. The minimum absolute atomic E-state index is 0.00379. The van der Waals surface area contributed by atoms with Crippen molar-refractivity contribution in [2.45, 2.75) is 6.92 Å². The third kappa shape index (κ3) is 6.33. The summed E-state index contributed by atoms with van der Waals surface area (Å²) in [5, 5.41) is 6.69. The van der Waals surface area contributed by atoms with Crippen LogP contribution in [-0.2, 0) is 0 Å². The fourth-order valence-electron chi connectivity index (χ4n) is 3.98. The molecule has 2 N–H and O–H groups in total. The third-order valence-electron chi connectivity index (χ3n) is 5.81. The smallest absolute Gasteiger partial charge is 0.257 e. The average Bonchev–Trinajstić information content (AvgIpc) is 2.90. The number of nitrogens with zero attached hydrogens (tertiary/aromatic N) is 2. The molecule has 3 aromatic carbocycles. The molecule has 4 rings (SSSR count). The number of anilines is 2. The maximum absolute atomic E-state index is 12.8. The number of amides is 2. The number of piperazine rings is 1. The van der Waals surface area contributed by atoms with Crippen molar-refractivity contribution in [3.8, 4) is 5.75 Å². The summed E-state index contributed by atoms with van der Waals surface area (Å²) in [7, 11) is 0. The summed E-state index contributed by atoms with van der Waals surface area (Å²) in [5.74, 6) is 0.400. The van der Waals surface area contributed by atoms with Crippen LogP contribution in [0.4, 0.5) is 11.4 Å². The molecule has 186 valence electrons. The van der Waals surface area contributed by atoms with Crippen LogP contribution in [0, 0.1) is 0 Å². The van der Waals surface area contributed by atoms with Gasteiger partial charge < -0.3 is 19.9 Å². The van der Waals surface area contributed by atoms with Crippen LogP contribution >= 0.6 is 23.8 Å². The van der Waals surface area contributed by atoms with Crippen LogP contribution in [0.3, 0.4) is 0 Å². The summed E-state index contributed by atoms with van der Waals surface area (Å²) in [6.45, 7) is 4.99. The molecule has 36 heavy (non-hydrogen) atoms. The number of hydrogen-bond donors (Lipinski definition) is 2. The summed E-state index contributed by atoms with van der Waals surface area (Å²) in [6.07, 6.45) is 0. The van der Waals surface area contributed by atoms with E-state index >= 15 is 0 Å². The van der Waals surface area contributed by atoms with Gasteiger partial charge in [0.25, 0.3) is 11.8 Å². The van der Waals surface area contributed by atoms with Gasteiger partial charge in [-0.3, -0.25) is 14.9 Å². The van der Waals surface area contributed by atoms with Crippen molar-refractivity contribution in [1.82, 2.24) is 10.2 Å². The van der Waals surface area contributed by atoms with Crippen LogP contribution in [0.2, 0.25) is 5.02 Å². The quantitative estimate of drug-likeness (QED) is 0.452. The van der Waals surface area contributed by atoms with Gasteiger partial charge in [-0.05, 0) is 79.8 Å². The summed E-state index contributed by atoms with van der Waals surface area (Å²) < 4.78 is 5.42. The fourth-order valence-corrected chi connectivity index (χ4v) is 4.31. The number of nitrogens with one attached hydrogen (secondary N) is 2. The molecule has 0 radical (unpaired) electrons. The zero-order chi connectivity index (χ0) is 25.5. The Kier molecular flexibility index (Phi) is 8.40. The molecule has 1 fully saturated rings. The van der Waals surface area contributed by atoms with Gasteiger partial charge in [0.05, 0.1) is 18.0 Å². The fraction of sp³-hybridized carbons (Fsp3) is 0.222. The van der Waals surface area contributed by atoms with Gasteiger partial charge in [0.2, 0.25) is 0 Å². The van der Waals surface area contributed by atoms with Gasteiger partial charge in [-0.15, -0.1) is 0 Å². The van der Waals surface area contributed by atoms with E-state index in [4.69, 9.17) is 28.6 Å². The Morgan fingerprint density at radius 3 is 2.22 bits per heavy atom. The summed E-state index contributed by atoms with van der Waals surface area (Å²) in [5.41, 5.74) is 2.85. The lowest BCUT2D eigenvalue weighted by molar-refractivity contribution is 0.0746. The molecule has 3 aromatic rings. The van der Waals surface area contributed by atoms with Gasteiger partial charge in [0.1, 0.15) is 5.75 Å². The van der Waals surface area contributed by atoms with Crippen molar-refractivity contribution >= 4 is 52.1 Å². The molecule has 2 amide bonds. The number of halogens is 1. The lowest BCUT2D eigenvalue weighted by atomic mass is 10.1. The number of thiocarbonyl (C=S) groups is 1. The Labute approximate surface area is 221 Å². The van der Waals surface area contributed by atoms with Crippen LogP contribution in [0.1, 0.15) is 27.6 Å². The molecule has 0 spiro atoms. The van der Waals surface area contributed by atoms with Crippen LogP contribution in [-0.4, -0.2) is 54.6 Å². The van der Waals surface area contributed by atoms with Crippen LogP contribution < -0.4 is 20.3 Å². The highest BCUT2D eigenvalue weighted by Gasteiger charge is 2.23. The maximum Gasteiger partial charge on any atom is 0.257 e. The van der Waals surface area contributed by atoms with E-state index in [1.54, 1.807) is 48.5 Å². The van der Waals surface area contributed by atoms with E-state index in [9.17, 15) is 9.59 Å². The molecule has 0 aromatic heterocycles. The zero-order valence-corrected chi connectivity index (χ0v) is 21.4. The number of benzene rings is 3. The van der Waals surface area contributed by atoms with E-state index < -0.39 is 0 Å². The Balaban J connectivity index is 1.35. The third-order valence-corrected chi connectivity index (χ3v) is 6.26. The van der Waals surface area contributed by atoms with E-state index in [0.717, 1.165) is 11.4 Å². The SMILES string of the molecule is CCOc1ccc(C(=O)NC(=S)Nc2ccccc2N2CCN(C(=O)c3ccc(Cl)cc3)CC2)cc1. The van der Waals surface area contributed by atoms with Crippen LogP contribution in [0.5, 0.6) is 5.75 Å². The van der Waals surface area contributed by atoms with E-state index in [1.807, 2.05) is 36.1 Å². The number of carbonyl (C=O) groups excluding carboxylic acids is 2. The van der Waals surface area contributed by atoms with Crippen molar-refractivity contribution in [3.63, 3.8) is 0 Å². The van der Waals surface area contributed by atoms with E-state index in [-0.39, 0.29) is 16.9 Å². The Bertz CT molecular complexity index is 1230. The first kappa shape index (κ1) is 25.5. The second kappa shape index (κ2) is 11.9. The van der Waals surface area contributed by atoms with Crippen molar-refractivity contribution in [1.29, 1.82) is 0 Å². The molecule has 0 atom stereocenters. The molecular formula is C27H27ClN4O3S. The Morgan fingerprint density at radius 1 is 0.917 bits per heavy atom. The molecule has 7 nitrogen and oxygen atoms in total. The normalized spacial score (nSPS) is 13.2. The van der Waals surface area contributed by atoms with Crippen molar-refractivity contribution in [3.05, 3.63) is 88.9 Å². The highest BCUT2D eigenvalue weighted by atomic mass is 35.5. The zero-order valence-electron chi connectivity index (χ0n) is 19.9. The van der Waals surface area contributed by atoms with Crippen molar-refractivity contribution < 1.29 is 14.3 Å². The molecule has 0 bridgehead atoms. The summed E-state index contributed by atoms with van der Waals surface area (Å²) in [4.78, 5) is 29.5. The minimum Gasteiger partial charge on any atom is -0.494 e. The monoisotopic (exact) mass is 522 g/mol. The predicted molar refractivity (Wildman–Crippen MR) is 147 cm³/mol. The standard InChI is InChI=1S/C27H27ClN4O3S/c1-2-35-22-13-9-19(10-14-22)25(33)30-27(36)29-23-5-3-4-6-24(23)31-15-17-32(18-16-31)26(34)20-7-11-21(28)12-8-20/h3-14H,2,15-18H2,1H3,(H2,29,30,33,36). The lowest BCUT2D eigenvalue weighted by Gasteiger charge is -2.37. The molecule has 0 aliphatic carbocycles.